The first-order valence-corrected chi connectivity index (χ1v) is 7.90. The zero-order valence-corrected chi connectivity index (χ0v) is 13.0. The molecule has 1 aliphatic heterocycles. The van der Waals surface area contributed by atoms with Crippen LogP contribution in [0, 0.1) is 0 Å². The molecule has 0 radical (unpaired) electrons. The van der Waals surface area contributed by atoms with Crippen LogP contribution >= 0.6 is 39.3 Å². The van der Waals surface area contributed by atoms with Gasteiger partial charge in [-0.25, -0.2) is 4.79 Å². The normalized spacial score (nSPS) is 19.3. The topological polar surface area (TPSA) is 57.6 Å². The highest BCUT2D eigenvalue weighted by molar-refractivity contribution is 9.10. The quantitative estimate of drug-likeness (QED) is 0.876. The van der Waals surface area contributed by atoms with E-state index >= 15 is 0 Å². The Hall–Kier alpha value is -0.720. The number of hydrogen-bond donors (Lipinski definition) is 1. The van der Waals surface area contributed by atoms with Gasteiger partial charge in [0.2, 0.25) is 0 Å². The lowest BCUT2D eigenvalue weighted by Crippen LogP contribution is -2.50. The summed E-state index contributed by atoms with van der Waals surface area (Å²) in [5, 5.41) is 9.51. The number of amides is 1. The number of hydrogen-bond acceptors (Lipinski definition) is 3. The number of thioether (sulfide) groups is 1. The first-order chi connectivity index (χ1) is 9.00. The van der Waals surface area contributed by atoms with E-state index in [1.165, 1.54) is 16.7 Å². The number of carboxylic acid groups (broad SMARTS) is 1. The summed E-state index contributed by atoms with van der Waals surface area (Å²) in [6.45, 7) is 0.420. The summed E-state index contributed by atoms with van der Waals surface area (Å²) in [5.41, 5.74) is 0.328. The summed E-state index contributed by atoms with van der Waals surface area (Å²) in [5.74, 6) is -0.168. The van der Waals surface area contributed by atoms with E-state index in [0.29, 0.717) is 22.9 Å². The van der Waals surface area contributed by atoms with Crippen molar-refractivity contribution in [1.29, 1.82) is 0 Å². The molecule has 1 aromatic carbocycles. The van der Waals surface area contributed by atoms with Crippen LogP contribution in [0.3, 0.4) is 0 Å². The second-order valence-electron chi connectivity index (χ2n) is 4.05. The van der Waals surface area contributed by atoms with Crippen LogP contribution in [-0.4, -0.2) is 46.0 Å². The molecule has 1 aliphatic rings. The van der Waals surface area contributed by atoms with Crippen LogP contribution in [0.5, 0.6) is 0 Å². The van der Waals surface area contributed by atoms with Gasteiger partial charge in [-0.15, -0.1) is 0 Å². The fraction of sp³-hybridized carbons (Fsp3) is 0.333. The maximum atomic E-state index is 12.4. The van der Waals surface area contributed by atoms with Crippen LogP contribution < -0.4 is 0 Å². The third-order valence-corrected chi connectivity index (χ3v) is 4.68. The molecule has 0 aliphatic carbocycles. The van der Waals surface area contributed by atoms with Gasteiger partial charge in [0.1, 0.15) is 6.04 Å². The summed E-state index contributed by atoms with van der Waals surface area (Å²) in [4.78, 5) is 25.0. The lowest BCUT2D eigenvalue weighted by Gasteiger charge is -2.32. The number of carbonyl (C=O) groups excluding carboxylic acids is 1. The van der Waals surface area contributed by atoms with E-state index in [0.717, 1.165) is 10.2 Å². The zero-order chi connectivity index (χ0) is 14.0. The Labute approximate surface area is 128 Å². The summed E-state index contributed by atoms with van der Waals surface area (Å²) >= 11 is 10.8. The van der Waals surface area contributed by atoms with E-state index < -0.39 is 12.0 Å². The predicted molar refractivity (Wildman–Crippen MR) is 78.9 cm³/mol. The lowest BCUT2D eigenvalue weighted by atomic mass is 10.1. The Bertz CT molecular complexity index is 526. The van der Waals surface area contributed by atoms with Crippen molar-refractivity contribution in [2.45, 2.75) is 6.04 Å². The van der Waals surface area contributed by atoms with Crippen LogP contribution in [0.15, 0.2) is 22.7 Å². The van der Waals surface area contributed by atoms with E-state index in [-0.39, 0.29) is 5.91 Å². The molecule has 1 atom stereocenters. The monoisotopic (exact) mass is 363 g/mol. The second-order valence-corrected chi connectivity index (χ2v) is 6.52. The smallest absolute Gasteiger partial charge is 0.327 e. The van der Waals surface area contributed by atoms with Gasteiger partial charge in [-0.05, 0) is 18.2 Å². The molecule has 1 unspecified atom stereocenters. The minimum absolute atomic E-state index is 0.328. The molecule has 102 valence electrons. The van der Waals surface area contributed by atoms with Crippen molar-refractivity contribution in [3.05, 3.63) is 33.3 Å². The van der Waals surface area contributed by atoms with Crippen LogP contribution in [0.1, 0.15) is 10.4 Å². The Kier molecular flexibility index (Phi) is 4.76. The molecule has 1 saturated heterocycles. The molecular weight excluding hydrogens is 354 g/mol. The van der Waals surface area contributed by atoms with Gasteiger partial charge in [0.15, 0.2) is 0 Å². The molecule has 2 rings (SSSR count). The number of halogens is 2. The predicted octanol–water partition coefficient (Wildman–Crippen LogP) is 2.74. The average molecular weight is 365 g/mol. The van der Waals surface area contributed by atoms with E-state index in [1.54, 1.807) is 18.2 Å². The van der Waals surface area contributed by atoms with Crippen LogP contribution in [-0.2, 0) is 4.79 Å². The van der Waals surface area contributed by atoms with Crippen LogP contribution in [0.25, 0.3) is 0 Å². The first kappa shape index (κ1) is 14.7. The van der Waals surface area contributed by atoms with Crippen molar-refractivity contribution in [1.82, 2.24) is 4.90 Å². The van der Waals surface area contributed by atoms with Gasteiger partial charge in [0, 0.05) is 22.5 Å². The van der Waals surface area contributed by atoms with Gasteiger partial charge < -0.3 is 10.0 Å². The summed E-state index contributed by atoms with van der Waals surface area (Å²) in [7, 11) is 0. The number of carbonyl (C=O) groups is 2. The highest BCUT2D eigenvalue weighted by atomic mass is 79.9. The molecule has 0 spiro atoms. The number of nitrogens with zero attached hydrogens (tertiary/aromatic N) is 1. The van der Waals surface area contributed by atoms with E-state index in [4.69, 9.17) is 11.6 Å². The second kappa shape index (κ2) is 6.15. The minimum Gasteiger partial charge on any atom is -0.480 e. The summed E-state index contributed by atoms with van der Waals surface area (Å²) in [6.07, 6.45) is 0. The van der Waals surface area contributed by atoms with Crippen molar-refractivity contribution >= 4 is 51.2 Å². The molecule has 1 aromatic rings. The van der Waals surface area contributed by atoms with Crippen molar-refractivity contribution in [3.63, 3.8) is 0 Å². The summed E-state index contributed by atoms with van der Waals surface area (Å²) in [6, 6.07) is 4.18. The van der Waals surface area contributed by atoms with Crippen LogP contribution in [0.4, 0.5) is 0 Å². The Balaban J connectivity index is 2.31. The minimum atomic E-state index is -0.980. The van der Waals surface area contributed by atoms with Gasteiger partial charge in [-0.3, -0.25) is 4.79 Å². The molecule has 1 N–H and O–H groups in total. The highest BCUT2D eigenvalue weighted by Crippen LogP contribution is 2.25. The van der Waals surface area contributed by atoms with E-state index in [1.807, 2.05) is 0 Å². The van der Waals surface area contributed by atoms with Gasteiger partial charge in [0.25, 0.3) is 5.91 Å². The van der Waals surface area contributed by atoms with Crippen molar-refractivity contribution in [2.75, 3.05) is 18.1 Å². The number of aliphatic carboxylic acids is 1. The Morgan fingerprint density at radius 3 is 2.89 bits per heavy atom. The van der Waals surface area contributed by atoms with E-state index in [2.05, 4.69) is 15.9 Å². The average Bonchev–Trinajstić information content (AvgIpc) is 2.40. The summed E-state index contributed by atoms with van der Waals surface area (Å²) < 4.78 is 0.735. The Morgan fingerprint density at radius 1 is 1.47 bits per heavy atom. The molecule has 1 amide bonds. The standard InChI is InChI=1S/C12H11BrClNO3S/c13-7-1-2-9(14)8(5-7)11(16)15-3-4-19-6-10(15)12(17)18/h1-2,5,10H,3-4,6H2,(H,17,18). The van der Waals surface area contributed by atoms with Crippen molar-refractivity contribution in [2.24, 2.45) is 0 Å². The fourth-order valence-electron chi connectivity index (χ4n) is 1.87. The molecular formula is C12H11BrClNO3S. The van der Waals surface area contributed by atoms with Crippen LogP contribution in [0.2, 0.25) is 5.02 Å². The number of carboxylic acids is 1. The van der Waals surface area contributed by atoms with Crippen molar-refractivity contribution in [3.8, 4) is 0 Å². The molecule has 0 saturated carbocycles. The first-order valence-electron chi connectivity index (χ1n) is 5.57. The third kappa shape index (κ3) is 3.24. The fourth-order valence-corrected chi connectivity index (χ4v) is 3.47. The highest BCUT2D eigenvalue weighted by Gasteiger charge is 2.33. The molecule has 1 fully saturated rings. The van der Waals surface area contributed by atoms with Gasteiger partial charge >= 0.3 is 5.97 Å². The lowest BCUT2D eigenvalue weighted by molar-refractivity contribution is -0.141. The largest absolute Gasteiger partial charge is 0.480 e. The molecule has 0 aromatic heterocycles. The number of rotatable bonds is 2. The molecule has 19 heavy (non-hydrogen) atoms. The molecule has 0 bridgehead atoms. The third-order valence-electron chi connectivity index (χ3n) is 2.83. The van der Waals surface area contributed by atoms with Gasteiger partial charge in [0.05, 0.1) is 10.6 Å². The van der Waals surface area contributed by atoms with Gasteiger partial charge in [-0.1, -0.05) is 27.5 Å². The maximum Gasteiger partial charge on any atom is 0.327 e. The Morgan fingerprint density at radius 2 is 2.21 bits per heavy atom. The molecule has 4 nitrogen and oxygen atoms in total. The van der Waals surface area contributed by atoms with Crippen molar-refractivity contribution < 1.29 is 14.7 Å². The molecule has 7 heteroatoms. The number of benzene rings is 1. The zero-order valence-electron chi connectivity index (χ0n) is 9.81. The van der Waals surface area contributed by atoms with E-state index in [9.17, 15) is 14.7 Å². The maximum absolute atomic E-state index is 12.4. The molecule has 1 heterocycles. The SMILES string of the molecule is O=C(O)C1CSCCN1C(=O)c1cc(Br)ccc1Cl. The van der Waals surface area contributed by atoms with Gasteiger partial charge in [-0.2, -0.15) is 11.8 Å².